The van der Waals surface area contributed by atoms with Crippen LogP contribution in [0.3, 0.4) is 0 Å². The quantitative estimate of drug-likeness (QED) is 0.531. The van der Waals surface area contributed by atoms with Crippen molar-refractivity contribution >= 4 is 11.4 Å². The molecule has 1 heterocycles. The first-order valence-electron chi connectivity index (χ1n) is 5.08. The van der Waals surface area contributed by atoms with Crippen LogP contribution in [0.5, 0.6) is 0 Å². The highest BCUT2D eigenvalue weighted by Crippen LogP contribution is 2.15. The highest BCUT2D eigenvalue weighted by atomic mass is 16.6. The number of nitro benzene ring substituents is 1. The van der Waals surface area contributed by atoms with E-state index < -0.39 is 17.9 Å². The number of oxime groups is 1. The number of nitrogens with zero attached hydrogens (tertiary/aromatic N) is 2. The van der Waals surface area contributed by atoms with E-state index in [1.807, 2.05) is 0 Å². The third kappa shape index (κ3) is 1.56. The summed E-state index contributed by atoms with van der Waals surface area (Å²) in [4.78, 5) is 14.6. The maximum atomic E-state index is 10.4. The van der Waals surface area contributed by atoms with Crippen LogP contribution in [0.1, 0.15) is 14.7 Å². The zero-order valence-electron chi connectivity index (χ0n) is 9.08. The molecule has 2 rings (SSSR count). The van der Waals surface area contributed by atoms with E-state index in [-0.39, 0.29) is 5.69 Å². The smallest absolute Gasteiger partial charge is 0.269 e. The molecule has 5 nitrogen and oxygen atoms in total. The topological polar surface area (TPSA) is 64.7 Å². The fourth-order valence-corrected chi connectivity index (χ4v) is 1.12. The lowest BCUT2D eigenvalue weighted by atomic mass is 10.1. The molecule has 1 aliphatic heterocycles. The zero-order chi connectivity index (χ0) is 11.7. The lowest BCUT2D eigenvalue weighted by Gasteiger charge is -1.96. The van der Waals surface area contributed by atoms with Gasteiger partial charge in [-0.3, -0.25) is 10.1 Å². The summed E-state index contributed by atoms with van der Waals surface area (Å²) in [6.45, 7) is -1.02. The van der Waals surface area contributed by atoms with Gasteiger partial charge in [-0.2, -0.15) is 0 Å². The van der Waals surface area contributed by atoms with Crippen LogP contribution < -0.4 is 0 Å². The molecule has 0 aliphatic carbocycles. The third-order valence-corrected chi connectivity index (χ3v) is 1.81. The van der Waals surface area contributed by atoms with Gasteiger partial charge in [-0.1, -0.05) is 5.16 Å². The number of hydrogen-bond donors (Lipinski definition) is 0. The Labute approximate surface area is 82.9 Å². The van der Waals surface area contributed by atoms with Gasteiger partial charge in [-0.25, -0.2) is 0 Å². The van der Waals surface area contributed by atoms with Crippen LogP contribution in [0.15, 0.2) is 29.4 Å². The molecule has 5 heteroatoms. The van der Waals surface area contributed by atoms with Crippen molar-refractivity contribution in [1.29, 1.82) is 0 Å². The van der Waals surface area contributed by atoms with Gasteiger partial charge in [0.15, 0.2) is 0 Å². The van der Waals surface area contributed by atoms with Gasteiger partial charge in [0.25, 0.3) is 5.69 Å². The minimum Gasteiger partial charge on any atom is -0.395 e. The fourth-order valence-electron chi connectivity index (χ4n) is 1.12. The molecule has 72 valence electrons. The monoisotopic (exact) mass is 194 g/mol. The lowest BCUT2D eigenvalue weighted by Crippen LogP contribution is -1.97. The summed E-state index contributed by atoms with van der Waals surface area (Å²) < 4.78 is 14.9. The molecule has 0 saturated carbocycles. The number of hydrogen-bond acceptors (Lipinski definition) is 4. The van der Waals surface area contributed by atoms with Crippen LogP contribution in [0.25, 0.3) is 0 Å². The van der Waals surface area contributed by atoms with Crippen molar-refractivity contribution in [1.82, 2.24) is 0 Å². The highest BCUT2D eigenvalue weighted by molar-refractivity contribution is 6.01. The molecule has 1 aromatic carbocycles. The van der Waals surface area contributed by atoms with E-state index in [0.717, 1.165) is 0 Å². The van der Waals surface area contributed by atoms with Crippen LogP contribution in [0.2, 0.25) is 0 Å². The Morgan fingerprint density at radius 3 is 2.71 bits per heavy atom. The Morgan fingerprint density at radius 1 is 1.50 bits per heavy atom. The fraction of sp³-hybridized carbons (Fsp3) is 0.222. The summed E-state index contributed by atoms with van der Waals surface area (Å²) >= 11 is 0. The summed E-state index contributed by atoms with van der Waals surface area (Å²) in [5.74, 6) is 0. The highest BCUT2D eigenvalue weighted by Gasteiger charge is 2.12. The van der Waals surface area contributed by atoms with Crippen molar-refractivity contribution in [2.45, 2.75) is 6.40 Å². The molecule has 0 fully saturated rings. The van der Waals surface area contributed by atoms with Crippen LogP contribution in [0, 0.1) is 10.1 Å². The SMILES string of the molecule is [2H][C@@H]1ON=C(c2ccc([N+](=O)[O-])cc2)[C@@H]1[2H]. The molecule has 0 aromatic heterocycles. The van der Waals surface area contributed by atoms with E-state index in [4.69, 9.17) is 2.74 Å². The Morgan fingerprint density at radius 2 is 2.21 bits per heavy atom. The standard InChI is InChI=1S/C9H8N2O3/c12-11(13)8-3-1-7(2-4-8)9-5-6-14-10-9/h1-4H,5-6H2/i5D,6D/t5-,6+/m1/s1. The first-order chi connectivity index (χ1) is 7.59. The second kappa shape index (κ2) is 3.45. The van der Waals surface area contributed by atoms with Crippen molar-refractivity contribution < 1.29 is 12.5 Å². The molecule has 1 aliphatic rings. The average Bonchev–Trinajstić information content (AvgIpc) is 2.60. The van der Waals surface area contributed by atoms with Gasteiger partial charge in [0, 0.05) is 19.9 Å². The largest absolute Gasteiger partial charge is 0.395 e. The van der Waals surface area contributed by atoms with Gasteiger partial charge >= 0.3 is 0 Å². The average molecular weight is 194 g/mol. The minimum atomic E-state index is -1.02. The van der Waals surface area contributed by atoms with Gasteiger partial charge in [0.05, 0.1) is 12.0 Å². The molecular weight excluding hydrogens is 184 g/mol. The van der Waals surface area contributed by atoms with Crippen LogP contribution in [-0.4, -0.2) is 17.2 Å². The van der Waals surface area contributed by atoms with Gasteiger partial charge in [-0.05, 0) is 17.7 Å². The lowest BCUT2D eigenvalue weighted by molar-refractivity contribution is -0.384. The maximum absolute atomic E-state index is 10.4. The Kier molecular flexibility index (Phi) is 1.61. The summed E-state index contributed by atoms with van der Waals surface area (Å²) in [6.07, 6.45) is -0.874. The van der Waals surface area contributed by atoms with Gasteiger partial charge < -0.3 is 4.84 Å². The molecule has 0 N–H and O–H groups in total. The molecule has 14 heavy (non-hydrogen) atoms. The van der Waals surface area contributed by atoms with Crippen molar-refractivity contribution in [3.63, 3.8) is 0 Å². The van der Waals surface area contributed by atoms with Gasteiger partial charge in [0.1, 0.15) is 6.58 Å². The number of benzene rings is 1. The summed E-state index contributed by atoms with van der Waals surface area (Å²) in [6, 6.07) is 5.67. The molecule has 0 radical (unpaired) electrons. The Balaban J connectivity index is 2.26. The maximum Gasteiger partial charge on any atom is 0.269 e. The predicted molar refractivity (Wildman–Crippen MR) is 50.2 cm³/mol. The number of rotatable bonds is 2. The van der Waals surface area contributed by atoms with Crippen molar-refractivity contribution in [3.05, 3.63) is 39.9 Å². The molecule has 1 aromatic rings. The molecular formula is C9H8N2O3. The molecule has 0 amide bonds. The molecule has 2 atom stereocenters. The molecule has 0 unspecified atom stereocenters. The van der Waals surface area contributed by atoms with Crippen molar-refractivity contribution in [2.24, 2.45) is 5.16 Å². The first kappa shape index (κ1) is 6.53. The van der Waals surface area contributed by atoms with Crippen LogP contribution in [-0.2, 0) is 4.84 Å². The van der Waals surface area contributed by atoms with Crippen LogP contribution in [0.4, 0.5) is 5.69 Å². The van der Waals surface area contributed by atoms with E-state index in [1.54, 1.807) is 0 Å². The Hall–Kier alpha value is -1.91. The zero-order valence-corrected chi connectivity index (χ0v) is 7.08. The first-order valence-corrected chi connectivity index (χ1v) is 3.92. The van der Waals surface area contributed by atoms with E-state index in [9.17, 15) is 10.1 Å². The van der Waals surface area contributed by atoms with Gasteiger partial charge in [0.2, 0.25) is 0 Å². The number of nitro groups is 1. The summed E-state index contributed by atoms with van der Waals surface area (Å²) in [5.41, 5.74) is 0.877. The second-order valence-corrected chi connectivity index (χ2v) is 2.69. The number of non-ortho nitro benzene ring substituents is 1. The van der Waals surface area contributed by atoms with Crippen molar-refractivity contribution in [2.75, 3.05) is 6.58 Å². The van der Waals surface area contributed by atoms with E-state index >= 15 is 0 Å². The van der Waals surface area contributed by atoms with Crippen LogP contribution >= 0.6 is 0 Å². The molecule has 0 bridgehead atoms. The predicted octanol–water partition coefficient (Wildman–Crippen LogP) is 1.72. The molecule has 0 spiro atoms. The van der Waals surface area contributed by atoms with Crippen molar-refractivity contribution in [3.8, 4) is 0 Å². The van der Waals surface area contributed by atoms with Gasteiger partial charge in [-0.15, -0.1) is 0 Å². The third-order valence-electron chi connectivity index (χ3n) is 1.81. The van der Waals surface area contributed by atoms with E-state index in [1.165, 1.54) is 24.3 Å². The minimum absolute atomic E-state index is 0.0211. The summed E-state index contributed by atoms with van der Waals surface area (Å²) in [7, 11) is 0. The van der Waals surface area contributed by atoms with E-state index in [2.05, 4.69) is 9.99 Å². The molecule has 0 saturated heterocycles. The second-order valence-electron chi connectivity index (χ2n) is 2.69. The normalized spacial score (nSPS) is 27.3. The summed E-state index contributed by atoms with van der Waals surface area (Å²) in [5, 5.41) is 14.0. The van der Waals surface area contributed by atoms with E-state index in [0.29, 0.717) is 11.3 Å². The Bertz CT molecular complexity index is 447.